The number of nitrogens with zero attached hydrogens (tertiary/aromatic N) is 1. The molecule has 3 N–H and O–H groups in total. The Bertz CT molecular complexity index is 1510. The second-order valence-electron chi connectivity index (χ2n) is 9.67. The number of hydrogen-bond donors (Lipinski definition) is 3. The molecule has 0 aliphatic rings. The van der Waals surface area contributed by atoms with Crippen LogP contribution in [-0.4, -0.2) is 30.8 Å². The first-order valence-electron chi connectivity index (χ1n) is 13.0. The van der Waals surface area contributed by atoms with Crippen LogP contribution in [-0.2, 0) is 13.0 Å². The van der Waals surface area contributed by atoms with E-state index in [0.29, 0.717) is 35.6 Å². The molecule has 8 heteroatoms. The smallest absolute Gasteiger partial charge is 0.253 e. The van der Waals surface area contributed by atoms with Crippen molar-refractivity contribution in [2.75, 3.05) is 13.7 Å². The maximum absolute atomic E-state index is 13.2. The molecule has 0 spiro atoms. The van der Waals surface area contributed by atoms with E-state index in [-0.39, 0.29) is 23.2 Å². The van der Waals surface area contributed by atoms with Crippen LogP contribution in [0.25, 0.3) is 11.3 Å². The molecule has 0 aliphatic heterocycles. The monoisotopic (exact) mass is 557 g/mol. The van der Waals surface area contributed by atoms with Crippen molar-refractivity contribution in [2.45, 2.75) is 38.9 Å². The fourth-order valence-corrected chi connectivity index (χ4v) is 4.58. The van der Waals surface area contributed by atoms with Gasteiger partial charge in [-0.05, 0) is 73.9 Å². The van der Waals surface area contributed by atoms with Crippen molar-refractivity contribution in [3.05, 3.63) is 111 Å². The van der Waals surface area contributed by atoms with Crippen molar-refractivity contribution in [3.63, 3.8) is 0 Å². The molecule has 7 nitrogen and oxygen atoms in total. The summed E-state index contributed by atoms with van der Waals surface area (Å²) in [4.78, 5) is 13.2. The Hall–Kier alpha value is -4.09. The lowest BCUT2D eigenvalue weighted by Gasteiger charge is -2.19. The summed E-state index contributed by atoms with van der Waals surface area (Å²) in [6, 6.07) is 24.0. The van der Waals surface area contributed by atoms with Crippen molar-refractivity contribution in [3.8, 4) is 23.1 Å². The Balaban J connectivity index is 1.43. The SMILES string of the molecule is COc1cc(C#N)ccc1C[C@H](CO)NC(=O)c1cc(-c2ccc(CN[C@H](C)c3ccc(C)cc3)o2)ccc1Cl. The average Bonchev–Trinajstić information content (AvgIpc) is 3.45. The summed E-state index contributed by atoms with van der Waals surface area (Å²) in [6.45, 7) is 4.43. The molecule has 3 aromatic carbocycles. The van der Waals surface area contributed by atoms with Gasteiger partial charge in [-0.3, -0.25) is 4.79 Å². The van der Waals surface area contributed by atoms with Gasteiger partial charge >= 0.3 is 0 Å². The van der Waals surface area contributed by atoms with Crippen LogP contribution in [0.3, 0.4) is 0 Å². The largest absolute Gasteiger partial charge is 0.496 e. The third kappa shape index (κ3) is 7.10. The number of nitrogens with one attached hydrogen (secondary N) is 2. The predicted molar refractivity (Wildman–Crippen MR) is 155 cm³/mol. The highest BCUT2D eigenvalue weighted by molar-refractivity contribution is 6.34. The number of halogens is 1. The number of furan rings is 1. The number of aliphatic hydroxyl groups is 1. The number of methoxy groups -OCH3 is 1. The van der Waals surface area contributed by atoms with Crippen LogP contribution in [0.2, 0.25) is 5.02 Å². The lowest BCUT2D eigenvalue weighted by Crippen LogP contribution is -2.39. The van der Waals surface area contributed by atoms with Gasteiger partial charge in [0.25, 0.3) is 5.91 Å². The van der Waals surface area contributed by atoms with Crippen LogP contribution in [0.1, 0.15) is 51.3 Å². The molecule has 206 valence electrons. The number of hydrogen-bond acceptors (Lipinski definition) is 6. The molecule has 4 aromatic rings. The molecule has 0 aliphatic carbocycles. The maximum Gasteiger partial charge on any atom is 0.253 e. The summed E-state index contributed by atoms with van der Waals surface area (Å²) in [6.07, 6.45) is 0.310. The van der Waals surface area contributed by atoms with E-state index in [1.807, 2.05) is 12.1 Å². The van der Waals surface area contributed by atoms with Gasteiger partial charge < -0.3 is 24.9 Å². The summed E-state index contributed by atoms with van der Waals surface area (Å²) < 4.78 is 11.4. The highest BCUT2D eigenvalue weighted by Gasteiger charge is 2.19. The van der Waals surface area contributed by atoms with Gasteiger partial charge in [-0.15, -0.1) is 0 Å². The van der Waals surface area contributed by atoms with Crippen molar-refractivity contribution in [1.82, 2.24) is 10.6 Å². The van der Waals surface area contributed by atoms with E-state index in [1.165, 1.54) is 18.2 Å². The molecule has 1 amide bonds. The van der Waals surface area contributed by atoms with Crippen LogP contribution in [0.4, 0.5) is 0 Å². The Morgan fingerprint density at radius 3 is 2.58 bits per heavy atom. The Kier molecular flexibility index (Phi) is 9.62. The topological polar surface area (TPSA) is 108 Å². The van der Waals surface area contributed by atoms with Crippen molar-refractivity contribution in [2.24, 2.45) is 0 Å². The normalized spacial score (nSPS) is 12.4. The van der Waals surface area contributed by atoms with Gasteiger partial charge in [0.15, 0.2) is 0 Å². The molecule has 0 saturated carbocycles. The van der Waals surface area contributed by atoms with Gasteiger partial charge in [0.05, 0.1) is 48.5 Å². The predicted octanol–water partition coefficient (Wildman–Crippen LogP) is 5.97. The van der Waals surface area contributed by atoms with E-state index in [4.69, 9.17) is 26.0 Å². The minimum absolute atomic E-state index is 0.156. The first kappa shape index (κ1) is 28.9. The van der Waals surface area contributed by atoms with Gasteiger partial charge in [-0.2, -0.15) is 5.26 Å². The number of carbonyl (C=O) groups excluding carboxylic acids is 1. The first-order valence-corrected chi connectivity index (χ1v) is 13.4. The molecule has 0 saturated heterocycles. The lowest BCUT2D eigenvalue weighted by atomic mass is 10.0. The molecular formula is C32H32ClN3O4. The lowest BCUT2D eigenvalue weighted by molar-refractivity contribution is 0.0916. The van der Waals surface area contributed by atoms with Gasteiger partial charge in [-0.25, -0.2) is 0 Å². The molecule has 0 fully saturated rings. The molecule has 0 bridgehead atoms. The number of aryl methyl sites for hydroxylation is 1. The molecule has 1 aromatic heterocycles. The number of aliphatic hydroxyl groups excluding tert-OH is 1. The fourth-order valence-electron chi connectivity index (χ4n) is 4.38. The zero-order chi connectivity index (χ0) is 28.6. The summed E-state index contributed by atoms with van der Waals surface area (Å²) in [5.74, 6) is 1.49. The van der Waals surface area contributed by atoms with E-state index >= 15 is 0 Å². The minimum atomic E-state index is -0.592. The fraction of sp³-hybridized carbons (Fsp3) is 0.250. The summed E-state index contributed by atoms with van der Waals surface area (Å²) >= 11 is 6.39. The highest BCUT2D eigenvalue weighted by Crippen LogP contribution is 2.28. The maximum atomic E-state index is 13.2. The molecule has 0 radical (unpaired) electrons. The third-order valence-electron chi connectivity index (χ3n) is 6.76. The molecule has 4 rings (SSSR count). The van der Waals surface area contributed by atoms with Crippen LogP contribution < -0.4 is 15.4 Å². The van der Waals surface area contributed by atoms with E-state index in [0.717, 1.165) is 11.3 Å². The van der Waals surface area contributed by atoms with Crippen molar-refractivity contribution in [1.29, 1.82) is 5.26 Å². The summed E-state index contributed by atoms with van der Waals surface area (Å²) in [5.41, 5.74) is 4.63. The van der Waals surface area contributed by atoms with Crippen LogP contribution >= 0.6 is 11.6 Å². The quantitative estimate of drug-likeness (QED) is 0.210. The first-order chi connectivity index (χ1) is 19.3. The van der Waals surface area contributed by atoms with Crippen LogP contribution in [0, 0.1) is 18.3 Å². The zero-order valence-electron chi connectivity index (χ0n) is 22.7. The number of amides is 1. The summed E-state index contributed by atoms with van der Waals surface area (Å²) in [5, 5.41) is 25.7. The Labute approximate surface area is 239 Å². The number of nitriles is 1. The standard InChI is InChI=1S/C32H32ClN3O4/c1-20-4-7-23(8-5-20)21(2)35-18-27-11-13-30(40-27)25-10-12-29(33)28(16-25)32(38)36-26(19-37)15-24-9-6-22(17-34)14-31(24)39-3/h4-14,16,21,26,35,37H,15,18-19H2,1-3H3,(H,36,38)/t21-,26-/m1/s1. The van der Waals surface area contributed by atoms with Crippen molar-refractivity contribution >= 4 is 17.5 Å². The second-order valence-corrected chi connectivity index (χ2v) is 10.1. The summed E-state index contributed by atoms with van der Waals surface area (Å²) in [7, 11) is 1.51. The van der Waals surface area contributed by atoms with E-state index < -0.39 is 11.9 Å². The van der Waals surface area contributed by atoms with E-state index in [2.05, 4.69) is 54.8 Å². The van der Waals surface area contributed by atoms with Gasteiger partial charge in [0, 0.05) is 11.6 Å². The number of rotatable bonds is 11. The van der Waals surface area contributed by atoms with E-state index in [1.54, 1.807) is 36.4 Å². The molecule has 0 unspecified atom stereocenters. The van der Waals surface area contributed by atoms with Crippen LogP contribution in [0.15, 0.2) is 77.2 Å². The third-order valence-corrected chi connectivity index (χ3v) is 7.08. The minimum Gasteiger partial charge on any atom is -0.496 e. The molecule has 1 heterocycles. The van der Waals surface area contributed by atoms with Crippen molar-refractivity contribution < 1.29 is 19.1 Å². The van der Waals surface area contributed by atoms with Gasteiger partial charge in [0.2, 0.25) is 0 Å². The average molecular weight is 558 g/mol. The Morgan fingerprint density at radius 2 is 1.88 bits per heavy atom. The van der Waals surface area contributed by atoms with Gasteiger partial charge in [-0.1, -0.05) is 47.5 Å². The highest BCUT2D eigenvalue weighted by atomic mass is 35.5. The molecule has 40 heavy (non-hydrogen) atoms. The van der Waals surface area contributed by atoms with Gasteiger partial charge in [0.1, 0.15) is 17.3 Å². The number of benzene rings is 3. The zero-order valence-corrected chi connectivity index (χ0v) is 23.5. The second kappa shape index (κ2) is 13.3. The number of ether oxygens (including phenoxy) is 1. The molecule has 2 atom stereocenters. The van der Waals surface area contributed by atoms with Crippen LogP contribution in [0.5, 0.6) is 5.75 Å². The Morgan fingerprint density at radius 1 is 1.10 bits per heavy atom. The van der Waals surface area contributed by atoms with E-state index in [9.17, 15) is 9.90 Å². The molecular weight excluding hydrogens is 526 g/mol. The number of carbonyl (C=O) groups is 1.